The van der Waals surface area contributed by atoms with E-state index in [-0.39, 0.29) is 18.0 Å². The molecule has 0 bridgehead atoms. The van der Waals surface area contributed by atoms with E-state index in [0.717, 1.165) is 31.6 Å². The minimum Gasteiger partial charge on any atom is -0.497 e. The Morgan fingerprint density at radius 3 is 2.75 bits per heavy atom. The number of amides is 1. The molecule has 4 nitrogen and oxygen atoms in total. The number of carbonyl (C=O) groups excluding carboxylic acids is 1. The summed E-state index contributed by atoms with van der Waals surface area (Å²) in [6.45, 7) is 2.80. The average Bonchev–Trinajstić information content (AvgIpc) is 2.94. The third-order valence-electron chi connectivity index (χ3n) is 3.89. The summed E-state index contributed by atoms with van der Waals surface area (Å²) in [6.07, 6.45) is 3.41. The van der Waals surface area contributed by atoms with Crippen LogP contribution in [0, 0.1) is 0 Å². The highest BCUT2D eigenvalue weighted by Gasteiger charge is 2.29. The molecule has 2 unspecified atom stereocenters. The Hall–Kier alpha value is -1.55. The summed E-state index contributed by atoms with van der Waals surface area (Å²) in [4.78, 5) is 14.3. The maximum atomic E-state index is 12.3. The van der Waals surface area contributed by atoms with Crippen LogP contribution in [-0.2, 0) is 4.79 Å². The third kappa shape index (κ3) is 3.51. The molecular weight excluding hydrogens is 252 g/mol. The predicted molar refractivity (Wildman–Crippen MR) is 79.6 cm³/mol. The largest absolute Gasteiger partial charge is 0.497 e. The van der Waals surface area contributed by atoms with Gasteiger partial charge in [-0.05, 0) is 43.9 Å². The van der Waals surface area contributed by atoms with Crippen molar-refractivity contribution in [1.82, 2.24) is 4.90 Å². The molecule has 1 heterocycles. The number of hydrogen-bond acceptors (Lipinski definition) is 3. The Morgan fingerprint density at radius 2 is 2.15 bits per heavy atom. The molecule has 1 amide bonds. The second-order valence-corrected chi connectivity index (χ2v) is 5.53. The number of hydrogen-bond donors (Lipinski definition) is 1. The van der Waals surface area contributed by atoms with Gasteiger partial charge in [-0.3, -0.25) is 4.79 Å². The van der Waals surface area contributed by atoms with Crippen LogP contribution in [0.25, 0.3) is 0 Å². The molecule has 2 rings (SSSR count). The van der Waals surface area contributed by atoms with E-state index in [0.29, 0.717) is 6.42 Å². The lowest BCUT2D eigenvalue weighted by Gasteiger charge is -2.25. The molecule has 1 aliphatic heterocycles. The van der Waals surface area contributed by atoms with Crippen LogP contribution < -0.4 is 10.5 Å². The summed E-state index contributed by atoms with van der Waals surface area (Å²) >= 11 is 0. The van der Waals surface area contributed by atoms with E-state index < -0.39 is 0 Å². The molecule has 1 fully saturated rings. The normalized spacial score (nSPS) is 19.9. The highest BCUT2D eigenvalue weighted by molar-refractivity contribution is 5.77. The average molecular weight is 276 g/mol. The van der Waals surface area contributed by atoms with Crippen molar-refractivity contribution < 1.29 is 9.53 Å². The predicted octanol–water partition coefficient (Wildman–Crippen LogP) is 2.49. The fraction of sp³-hybridized carbons (Fsp3) is 0.562. The van der Waals surface area contributed by atoms with Crippen LogP contribution >= 0.6 is 0 Å². The zero-order valence-electron chi connectivity index (χ0n) is 12.3. The summed E-state index contributed by atoms with van der Waals surface area (Å²) in [5.74, 6) is 1.07. The number of rotatable bonds is 5. The van der Waals surface area contributed by atoms with Crippen LogP contribution in [-0.4, -0.2) is 30.5 Å². The molecule has 1 aliphatic rings. The Labute approximate surface area is 120 Å². The van der Waals surface area contributed by atoms with E-state index in [4.69, 9.17) is 10.5 Å². The molecule has 0 saturated carbocycles. The van der Waals surface area contributed by atoms with Gasteiger partial charge < -0.3 is 15.4 Å². The van der Waals surface area contributed by atoms with Gasteiger partial charge in [0.05, 0.1) is 13.2 Å². The van der Waals surface area contributed by atoms with Gasteiger partial charge in [0.2, 0.25) is 5.91 Å². The molecular formula is C16H24N2O2. The molecule has 2 N–H and O–H groups in total. The highest BCUT2D eigenvalue weighted by Crippen LogP contribution is 2.33. The second kappa shape index (κ2) is 6.75. The summed E-state index contributed by atoms with van der Waals surface area (Å²) < 4.78 is 5.18. The van der Waals surface area contributed by atoms with Crippen LogP contribution in [0.4, 0.5) is 0 Å². The molecule has 1 aromatic rings. The van der Waals surface area contributed by atoms with Gasteiger partial charge in [-0.2, -0.15) is 0 Å². The number of ether oxygens (including phenoxy) is 1. The van der Waals surface area contributed by atoms with Crippen molar-refractivity contribution in [2.45, 2.75) is 44.7 Å². The number of likely N-dealkylation sites (tertiary alicyclic amines) is 1. The summed E-state index contributed by atoms with van der Waals surface area (Å²) in [6, 6.07) is 8.32. The monoisotopic (exact) mass is 276 g/mol. The number of nitrogens with zero attached hydrogens (tertiary/aromatic N) is 1. The van der Waals surface area contributed by atoms with E-state index >= 15 is 0 Å². The molecule has 4 heteroatoms. The first-order valence-electron chi connectivity index (χ1n) is 7.31. The van der Waals surface area contributed by atoms with Crippen LogP contribution in [0.5, 0.6) is 5.75 Å². The van der Waals surface area contributed by atoms with Crippen LogP contribution in [0.15, 0.2) is 24.3 Å². The van der Waals surface area contributed by atoms with Gasteiger partial charge in [0.1, 0.15) is 5.75 Å². The molecule has 0 spiro atoms. The van der Waals surface area contributed by atoms with E-state index in [1.807, 2.05) is 24.0 Å². The first-order valence-corrected chi connectivity index (χ1v) is 7.31. The molecule has 0 radical (unpaired) electrons. The fourth-order valence-electron chi connectivity index (χ4n) is 2.73. The highest BCUT2D eigenvalue weighted by atomic mass is 16.5. The zero-order valence-corrected chi connectivity index (χ0v) is 12.3. The maximum absolute atomic E-state index is 12.3. The summed E-state index contributed by atoms with van der Waals surface area (Å²) in [5.41, 5.74) is 6.92. The summed E-state index contributed by atoms with van der Waals surface area (Å²) in [5, 5.41) is 0. The van der Waals surface area contributed by atoms with Gasteiger partial charge in [0.25, 0.3) is 0 Å². The van der Waals surface area contributed by atoms with Crippen molar-refractivity contribution in [2.75, 3.05) is 13.7 Å². The molecule has 0 aromatic heterocycles. The first kappa shape index (κ1) is 14.9. The van der Waals surface area contributed by atoms with Crippen molar-refractivity contribution in [1.29, 1.82) is 0 Å². The van der Waals surface area contributed by atoms with Gasteiger partial charge in [-0.1, -0.05) is 12.1 Å². The molecule has 0 aliphatic carbocycles. The van der Waals surface area contributed by atoms with E-state index in [1.54, 1.807) is 7.11 Å². The van der Waals surface area contributed by atoms with E-state index in [9.17, 15) is 4.79 Å². The molecule has 2 atom stereocenters. The Bertz CT molecular complexity index is 442. The molecule has 110 valence electrons. The van der Waals surface area contributed by atoms with Gasteiger partial charge in [-0.15, -0.1) is 0 Å². The number of nitrogens with two attached hydrogens (primary N) is 1. The Balaban J connectivity index is 2.04. The minimum absolute atomic E-state index is 0.0842. The first-order chi connectivity index (χ1) is 9.61. The van der Waals surface area contributed by atoms with Crippen molar-refractivity contribution in [3.05, 3.63) is 29.8 Å². The minimum atomic E-state index is 0.0842. The van der Waals surface area contributed by atoms with Crippen molar-refractivity contribution >= 4 is 5.91 Å². The van der Waals surface area contributed by atoms with Gasteiger partial charge in [0, 0.05) is 19.0 Å². The molecule has 1 aromatic carbocycles. The van der Waals surface area contributed by atoms with Crippen LogP contribution in [0.2, 0.25) is 0 Å². The van der Waals surface area contributed by atoms with E-state index in [2.05, 4.69) is 12.1 Å². The maximum Gasteiger partial charge on any atom is 0.223 e. The van der Waals surface area contributed by atoms with Crippen molar-refractivity contribution in [3.8, 4) is 5.75 Å². The van der Waals surface area contributed by atoms with Crippen molar-refractivity contribution in [3.63, 3.8) is 0 Å². The lowest BCUT2D eigenvalue weighted by Crippen LogP contribution is -2.31. The van der Waals surface area contributed by atoms with Crippen LogP contribution in [0.3, 0.4) is 0 Å². The van der Waals surface area contributed by atoms with Gasteiger partial charge in [-0.25, -0.2) is 0 Å². The molecule has 20 heavy (non-hydrogen) atoms. The Kier molecular flexibility index (Phi) is 5.01. The second-order valence-electron chi connectivity index (χ2n) is 5.53. The van der Waals surface area contributed by atoms with Crippen LogP contribution in [0.1, 0.15) is 44.2 Å². The van der Waals surface area contributed by atoms with E-state index in [1.165, 1.54) is 5.56 Å². The van der Waals surface area contributed by atoms with Gasteiger partial charge in [0.15, 0.2) is 0 Å². The fourth-order valence-corrected chi connectivity index (χ4v) is 2.73. The topological polar surface area (TPSA) is 55.6 Å². The lowest BCUT2D eigenvalue weighted by molar-refractivity contribution is -0.132. The molecule has 1 saturated heterocycles. The quantitative estimate of drug-likeness (QED) is 0.899. The SMILES string of the molecule is COc1ccc(C2CCCN2C(=O)CCC(C)N)cc1. The smallest absolute Gasteiger partial charge is 0.223 e. The number of methoxy groups -OCH3 is 1. The third-order valence-corrected chi connectivity index (χ3v) is 3.89. The number of carbonyl (C=O) groups is 1. The lowest BCUT2D eigenvalue weighted by atomic mass is 10.0. The Morgan fingerprint density at radius 1 is 1.45 bits per heavy atom. The van der Waals surface area contributed by atoms with Gasteiger partial charge >= 0.3 is 0 Å². The number of benzene rings is 1. The van der Waals surface area contributed by atoms with Crippen molar-refractivity contribution in [2.24, 2.45) is 5.73 Å². The summed E-state index contributed by atoms with van der Waals surface area (Å²) in [7, 11) is 1.66. The standard InChI is InChI=1S/C16H24N2O2/c1-12(17)5-10-16(19)18-11-3-4-15(18)13-6-8-14(20-2)9-7-13/h6-9,12,15H,3-5,10-11,17H2,1-2H3. The zero-order chi connectivity index (χ0) is 14.5.